The molecule has 9 nitrogen and oxygen atoms in total. The van der Waals surface area contributed by atoms with Gasteiger partial charge in [0.05, 0.1) is 33.5 Å². The summed E-state index contributed by atoms with van der Waals surface area (Å²) in [6, 6.07) is 5.45. The summed E-state index contributed by atoms with van der Waals surface area (Å²) in [6.07, 6.45) is -1.26. The van der Waals surface area contributed by atoms with E-state index in [1.807, 2.05) is 27.7 Å². The van der Waals surface area contributed by atoms with E-state index in [1.165, 1.54) is 17.0 Å². The maximum atomic E-state index is 15.5. The van der Waals surface area contributed by atoms with Gasteiger partial charge in [-0.05, 0) is 79.1 Å². The molecule has 1 aromatic heterocycles. The summed E-state index contributed by atoms with van der Waals surface area (Å²) in [6.45, 7) is 13.9. The molecular weight excluding hydrogens is 623 g/mol. The predicted molar refractivity (Wildman–Crippen MR) is 164 cm³/mol. The van der Waals surface area contributed by atoms with Crippen LogP contribution in [0.3, 0.4) is 0 Å². The molecule has 232 valence electrons. The third-order valence-corrected chi connectivity index (χ3v) is 9.68. The van der Waals surface area contributed by atoms with Crippen molar-refractivity contribution in [3.63, 3.8) is 0 Å². The molecule has 0 unspecified atom stereocenters. The number of hydrogen-bond donors (Lipinski definition) is 1. The van der Waals surface area contributed by atoms with Crippen LogP contribution in [0.2, 0.25) is 5.02 Å². The SMILES string of the molecule is C[C@H](Nc1cc(F)c(S(=O)(=O)N(C(=O)OC(C)(C)C)c2cscn2)cc1Cl)c1cc(B2OC(C)(C)C(C)(C)O2)ccc1F. The summed E-state index contributed by atoms with van der Waals surface area (Å²) in [5.41, 5.74) is -0.101. The van der Waals surface area contributed by atoms with Crippen molar-refractivity contribution in [1.82, 2.24) is 4.98 Å². The Morgan fingerprint density at radius 3 is 2.30 bits per heavy atom. The molecule has 1 aliphatic heterocycles. The monoisotopic (exact) mass is 655 g/mol. The van der Waals surface area contributed by atoms with Crippen molar-refractivity contribution in [1.29, 1.82) is 0 Å². The number of amides is 1. The molecule has 1 aliphatic rings. The van der Waals surface area contributed by atoms with Gasteiger partial charge in [0.25, 0.3) is 10.0 Å². The lowest BCUT2D eigenvalue weighted by atomic mass is 9.78. The first-order valence-electron chi connectivity index (χ1n) is 13.3. The van der Waals surface area contributed by atoms with E-state index < -0.39 is 62.6 Å². The minimum atomic E-state index is -4.86. The number of sulfonamides is 1. The molecule has 2 heterocycles. The first-order chi connectivity index (χ1) is 19.7. The van der Waals surface area contributed by atoms with Gasteiger partial charge in [-0.1, -0.05) is 23.7 Å². The summed E-state index contributed by atoms with van der Waals surface area (Å²) in [7, 11) is -5.59. The molecule has 0 bridgehead atoms. The number of halogens is 3. The van der Waals surface area contributed by atoms with Gasteiger partial charge in [-0.3, -0.25) is 0 Å². The Bertz CT molecular complexity index is 1620. The third kappa shape index (κ3) is 6.83. The van der Waals surface area contributed by atoms with Gasteiger partial charge in [0.15, 0.2) is 5.82 Å². The van der Waals surface area contributed by atoms with E-state index in [0.717, 1.165) is 23.5 Å². The number of thiazole rings is 1. The largest absolute Gasteiger partial charge is 0.494 e. The van der Waals surface area contributed by atoms with Crippen LogP contribution < -0.4 is 15.1 Å². The number of aromatic nitrogens is 1. The van der Waals surface area contributed by atoms with Gasteiger partial charge in [-0.2, -0.15) is 0 Å². The molecule has 15 heteroatoms. The molecule has 1 atom stereocenters. The van der Waals surface area contributed by atoms with Crippen LogP contribution in [0.15, 0.2) is 46.1 Å². The molecular formula is C28H33BClF2N3O6S2. The maximum absolute atomic E-state index is 15.5. The fourth-order valence-electron chi connectivity index (χ4n) is 4.19. The van der Waals surface area contributed by atoms with Crippen molar-refractivity contribution in [3.05, 3.63) is 63.4 Å². The maximum Gasteiger partial charge on any atom is 0.494 e. The number of hydrogen-bond acceptors (Lipinski definition) is 9. The fourth-order valence-corrected chi connectivity index (χ4v) is 6.41. The number of benzene rings is 2. The Morgan fingerprint density at radius 1 is 1.12 bits per heavy atom. The highest BCUT2D eigenvalue weighted by atomic mass is 35.5. The van der Waals surface area contributed by atoms with Crippen LogP contribution >= 0.6 is 22.9 Å². The molecule has 0 spiro atoms. The summed E-state index contributed by atoms with van der Waals surface area (Å²) in [5.74, 6) is -2.00. The number of ether oxygens (including phenoxy) is 1. The van der Waals surface area contributed by atoms with E-state index in [1.54, 1.807) is 39.8 Å². The fraction of sp³-hybridized carbons (Fsp3) is 0.429. The van der Waals surface area contributed by atoms with Crippen LogP contribution in [0.1, 0.15) is 67.0 Å². The standard InChI is InChI=1S/C28H33BClF2N3O6S2/c1-16(18-11-17(9-10-20(18)31)29-40-27(5,6)28(7,8)41-29)34-22-13-21(32)23(12-19(22)30)43(37,38)35(24-14-42-15-33-24)25(36)39-26(2,3)4/h9-16,34H,1-8H3/t16-/m0/s1. The Kier molecular flexibility index (Phi) is 8.95. The minimum Gasteiger partial charge on any atom is -0.443 e. The van der Waals surface area contributed by atoms with Crippen molar-refractivity contribution >= 4 is 63.1 Å². The molecule has 2 aromatic carbocycles. The zero-order valence-electron chi connectivity index (χ0n) is 25.0. The van der Waals surface area contributed by atoms with E-state index in [9.17, 15) is 17.6 Å². The molecule has 0 radical (unpaired) electrons. The van der Waals surface area contributed by atoms with Gasteiger partial charge >= 0.3 is 13.2 Å². The third-order valence-electron chi connectivity index (χ3n) is 7.11. The van der Waals surface area contributed by atoms with Crippen molar-refractivity contribution < 1.29 is 36.0 Å². The summed E-state index contributed by atoms with van der Waals surface area (Å²) in [5, 5.41) is 4.07. The highest BCUT2D eigenvalue weighted by molar-refractivity contribution is 7.93. The minimum absolute atomic E-state index is 0.00327. The molecule has 1 fully saturated rings. The summed E-state index contributed by atoms with van der Waals surface area (Å²) >= 11 is 7.45. The van der Waals surface area contributed by atoms with Crippen LogP contribution in [0, 0.1) is 11.6 Å². The van der Waals surface area contributed by atoms with E-state index in [-0.39, 0.29) is 26.4 Å². The lowest BCUT2D eigenvalue weighted by Gasteiger charge is -2.32. The van der Waals surface area contributed by atoms with Crippen LogP contribution in [0.5, 0.6) is 0 Å². The number of nitrogens with zero attached hydrogens (tertiary/aromatic N) is 2. The Morgan fingerprint density at radius 2 is 1.74 bits per heavy atom. The van der Waals surface area contributed by atoms with Crippen molar-refractivity contribution in [2.24, 2.45) is 0 Å². The van der Waals surface area contributed by atoms with Crippen molar-refractivity contribution in [2.75, 3.05) is 9.62 Å². The molecule has 43 heavy (non-hydrogen) atoms. The van der Waals surface area contributed by atoms with Gasteiger partial charge in [-0.15, -0.1) is 15.6 Å². The highest BCUT2D eigenvalue weighted by Gasteiger charge is 2.51. The van der Waals surface area contributed by atoms with Crippen LogP contribution in [0.25, 0.3) is 0 Å². The Labute approximate surface area is 259 Å². The molecule has 1 saturated heterocycles. The lowest BCUT2D eigenvalue weighted by molar-refractivity contribution is 0.00578. The van der Waals surface area contributed by atoms with Gasteiger partial charge in [-0.25, -0.2) is 27.0 Å². The van der Waals surface area contributed by atoms with E-state index in [2.05, 4.69) is 10.3 Å². The highest BCUT2D eigenvalue weighted by Crippen LogP contribution is 2.37. The number of carbonyl (C=O) groups excluding carboxylic acids is 1. The summed E-state index contributed by atoms with van der Waals surface area (Å²) < 4.78 is 75.3. The van der Waals surface area contributed by atoms with Gasteiger partial charge < -0.3 is 19.4 Å². The van der Waals surface area contributed by atoms with Gasteiger partial charge in [0, 0.05) is 10.9 Å². The lowest BCUT2D eigenvalue weighted by Crippen LogP contribution is -2.41. The van der Waals surface area contributed by atoms with Gasteiger partial charge in [0.1, 0.15) is 22.1 Å². The average molecular weight is 656 g/mol. The second kappa shape index (κ2) is 11.6. The van der Waals surface area contributed by atoms with E-state index in [0.29, 0.717) is 5.46 Å². The van der Waals surface area contributed by atoms with Crippen molar-refractivity contribution in [2.45, 2.75) is 83.1 Å². The van der Waals surface area contributed by atoms with E-state index >= 15 is 4.39 Å². The number of rotatable bonds is 7. The normalized spacial score (nSPS) is 17.0. The Balaban J connectivity index is 1.63. The molecule has 3 aromatic rings. The smallest absolute Gasteiger partial charge is 0.443 e. The number of carbonyl (C=O) groups is 1. The molecule has 4 rings (SSSR count). The van der Waals surface area contributed by atoms with Gasteiger partial charge in [0.2, 0.25) is 0 Å². The molecule has 0 aliphatic carbocycles. The second-order valence-electron chi connectivity index (χ2n) is 12.1. The first kappa shape index (κ1) is 33.1. The first-order valence-corrected chi connectivity index (χ1v) is 16.1. The van der Waals surface area contributed by atoms with Crippen molar-refractivity contribution in [3.8, 4) is 0 Å². The van der Waals surface area contributed by atoms with Crippen LogP contribution in [-0.2, 0) is 24.1 Å². The zero-order chi connectivity index (χ0) is 32.1. The average Bonchev–Trinajstić information content (AvgIpc) is 3.45. The number of anilines is 2. The molecule has 0 saturated carbocycles. The van der Waals surface area contributed by atoms with Crippen LogP contribution in [0.4, 0.5) is 25.1 Å². The molecule has 1 amide bonds. The predicted octanol–water partition coefficient (Wildman–Crippen LogP) is 6.68. The number of nitrogens with one attached hydrogen (secondary N) is 1. The van der Waals surface area contributed by atoms with Crippen LogP contribution in [-0.4, -0.2) is 43.4 Å². The molecule has 1 N–H and O–H groups in total. The topological polar surface area (TPSA) is 107 Å². The quantitative estimate of drug-likeness (QED) is 0.281. The van der Waals surface area contributed by atoms with E-state index in [4.69, 9.17) is 25.6 Å². The Hall–Kier alpha value is -2.78. The second-order valence-corrected chi connectivity index (χ2v) is 15.0. The summed E-state index contributed by atoms with van der Waals surface area (Å²) in [4.78, 5) is 16.0. The zero-order valence-corrected chi connectivity index (χ0v) is 27.4.